The van der Waals surface area contributed by atoms with Crippen LogP contribution in [0.3, 0.4) is 0 Å². The van der Waals surface area contributed by atoms with Gasteiger partial charge in [-0.15, -0.1) is 0 Å². The van der Waals surface area contributed by atoms with E-state index in [4.69, 9.17) is 0 Å². The predicted molar refractivity (Wildman–Crippen MR) is 97.8 cm³/mol. The van der Waals surface area contributed by atoms with Gasteiger partial charge in [0.2, 0.25) is 5.91 Å². The van der Waals surface area contributed by atoms with Crippen LogP contribution in [0.1, 0.15) is 63.9 Å². The Bertz CT molecular complexity index is 544. The molecule has 0 aliphatic carbocycles. The first kappa shape index (κ1) is 20.8. The van der Waals surface area contributed by atoms with E-state index in [9.17, 15) is 14.0 Å². The summed E-state index contributed by atoms with van der Waals surface area (Å²) >= 11 is 0. The van der Waals surface area contributed by atoms with E-state index < -0.39 is 5.91 Å². The fraction of sp³-hybridized carbons (Fsp3) is 0.526. The molecule has 0 aliphatic heterocycles. The van der Waals surface area contributed by atoms with Crippen LogP contribution in [0.4, 0.5) is 4.39 Å². The second kappa shape index (κ2) is 13.1. The van der Waals surface area contributed by atoms with Crippen LogP contribution in [0.2, 0.25) is 0 Å². The van der Waals surface area contributed by atoms with E-state index in [1.807, 2.05) is 0 Å². The minimum Gasteiger partial charge on any atom is -0.347 e. The van der Waals surface area contributed by atoms with Crippen molar-refractivity contribution >= 4 is 18.0 Å². The van der Waals surface area contributed by atoms with Crippen LogP contribution >= 0.6 is 0 Å². The number of hydrogen-bond acceptors (Lipinski definition) is 3. The molecule has 1 aromatic carbocycles. The van der Waals surface area contributed by atoms with Gasteiger partial charge >= 0.3 is 0 Å². The van der Waals surface area contributed by atoms with Gasteiger partial charge in [0, 0.05) is 6.42 Å². The molecule has 1 aromatic rings. The standard InChI is InChI=1S/C19H28FN3O2/c1-2-3-4-5-6-7-8-9-18(24)21-15-19(25)23-22-14-16-10-12-17(20)13-11-16/h10-14H,2-9,15H2,1H3,(H,21,24)(H,23,25). The van der Waals surface area contributed by atoms with Gasteiger partial charge in [0.25, 0.3) is 5.91 Å². The maximum atomic E-state index is 12.7. The normalized spacial score (nSPS) is 10.8. The van der Waals surface area contributed by atoms with E-state index in [2.05, 4.69) is 22.8 Å². The second-order valence-electron chi connectivity index (χ2n) is 5.99. The van der Waals surface area contributed by atoms with Crippen LogP contribution in [0.25, 0.3) is 0 Å². The zero-order valence-corrected chi connectivity index (χ0v) is 14.9. The summed E-state index contributed by atoms with van der Waals surface area (Å²) in [5.41, 5.74) is 2.99. The van der Waals surface area contributed by atoms with E-state index in [-0.39, 0.29) is 18.3 Å². The lowest BCUT2D eigenvalue weighted by molar-refractivity contribution is -0.126. The van der Waals surface area contributed by atoms with Gasteiger partial charge < -0.3 is 5.32 Å². The van der Waals surface area contributed by atoms with Crippen molar-refractivity contribution in [2.75, 3.05) is 6.54 Å². The van der Waals surface area contributed by atoms with Crippen molar-refractivity contribution < 1.29 is 14.0 Å². The summed E-state index contributed by atoms with van der Waals surface area (Å²) in [6, 6.07) is 5.73. The molecule has 1 rings (SSSR count). The lowest BCUT2D eigenvalue weighted by Crippen LogP contribution is -2.34. The third-order valence-electron chi connectivity index (χ3n) is 3.73. The molecule has 0 radical (unpaired) electrons. The summed E-state index contributed by atoms with van der Waals surface area (Å²) in [7, 11) is 0. The maximum Gasteiger partial charge on any atom is 0.259 e. The lowest BCUT2D eigenvalue weighted by atomic mass is 10.1. The molecular formula is C19H28FN3O2. The minimum absolute atomic E-state index is 0.101. The number of hydrogen-bond donors (Lipinski definition) is 2. The highest BCUT2D eigenvalue weighted by Crippen LogP contribution is 2.08. The number of carbonyl (C=O) groups excluding carboxylic acids is 2. The molecular weight excluding hydrogens is 321 g/mol. The first-order chi connectivity index (χ1) is 12.1. The minimum atomic E-state index is -0.397. The van der Waals surface area contributed by atoms with Crippen molar-refractivity contribution in [3.63, 3.8) is 0 Å². The maximum absolute atomic E-state index is 12.7. The van der Waals surface area contributed by atoms with Crippen LogP contribution < -0.4 is 10.7 Å². The number of rotatable bonds is 12. The molecule has 2 amide bonds. The van der Waals surface area contributed by atoms with E-state index in [1.165, 1.54) is 44.0 Å². The molecule has 0 saturated carbocycles. The Hall–Kier alpha value is -2.24. The molecule has 5 nitrogen and oxygen atoms in total. The summed E-state index contributed by atoms with van der Waals surface area (Å²) in [6.07, 6.45) is 9.92. The highest BCUT2D eigenvalue weighted by Gasteiger charge is 2.04. The number of halogens is 1. The fourth-order valence-electron chi connectivity index (χ4n) is 2.28. The van der Waals surface area contributed by atoms with E-state index in [0.29, 0.717) is 12.0 Å². The van der Waals surface area contributed by atoms with Gasteiger partial charge in [-0.2, -0.15) is 5.10 Å². The van der Waals surface area contributed by atoms with Crippen LogP contribution in [-0.2, 0) is 9.59 Å². The Kier molecular flexibility index (Phi) is 10.9. The largest absolute Gasteiger partial charge is 0.347 e. The van der Waals surface area contributed by atoms with Crippen molar-refractivity contribution in [2.45, 2.75) is 58.3 Å². The van der Waals surface area contributed by atoms with Crippen LogP contribution in [0, 0.1) is 5.82 Å². The van der Waals surface area contributed by atoms with Crippen molar-refractivity contribution in [2.24, 2.45) is 5.10 Å². The van der Waals surface area contributed by atoms with E-state index in [1.54, 1.807) is 12.1 Å². The monoisotopic (exact) mass is 349 g/mol. The summed E-state index contributed by atoms with van der Waals surface area (Å²) < 4.78 is 12.7. The molecule has 0 atom stereocenters. The van der Waals surface area contributed by atoms with Gasteiger partial charge in [-0.3, -0.25) is 9.59 Å². The molecule has 6 heteroatoms. The third kappa shape index (κ3) is 11.0. The van der Waals surface area contributed by atoms with Gasteiger partial charge in [0.05, 0.1) is 12.8 Å². The van der Waals surface area contributed by atoms with Crippen molar-refractivity contribution in [1.29, 1.82) is 0 Å². The third-order valence-corrected chi connectivity index (χ3v) is 3.73. The molecule has 0 saturated heterocycles. The molecule has 0 spiro atoms. The molecule has 138 valence electrons. The topological polar surface area (TPSA) is 70.6 Å². The highest BCUT2D eigenvalue weighted by molar-refractivity contribution is 5.86. The molecule has 25 heavy (non-hydrogen) atoms. The van der Waals surface area contributed by atoms with Gasteiger partial charge in [-0.25, -0.2) is 9.82 Å². The van der Waals surface area contributed by atoms with Crippen molar-refractivity contribution in [3.05, 3.63) is 35.6 Å². The SMILES string of the molecule is CCCCCCCCCC(=O)NCC(=O)NN=Cc1ccc(F)cc1. The Morgan fingerprint density at radius 2 is 1.64 bits per heavy atom. The van der Waals surface area contributed by atoms with Gasteiger partial charge in [-0.05, 0) is 24.1 Å². The lowest BCUT2D eigenvalue weighted by Gasteiger charge is -2.04. The smallest absolute Gasteiger partial charge is 0.259 e. The molecule has 0 aromatic heterocycles. The number of carbonyl (C=O) groups is 2. The first-order valence-electron chi connectivity index (χ1n) is 8.96. The predicted octanol–water partition coefficient (Wildman–Crippen LogP) is 3.53. The molecule has 0 heterocycles. The average molecular weight is 349 g/mol. The highest BCUT2D eigenvalue weighted by atomic mass is 19.1. The Morgan fingerprint density at radius 1 is 1.00 bits per heavy atom. The zero-order chi connectivity index (χ0) is 18.3. The first-order valence-corrected chi connectivity index (χ1v) is 8.96. The van der Waals surface area contributed by atoms with Crippen molar-refractivity contribution in [1.82, 2.24) is 10.7 Å². The molecule has 0 fully saturated rings. The van der Waals surface area contributed by atoms with Crippen LogP contribution in [0.5, 0.6) is 0 Å². The second-order valence-corrected chi connectivity index (χ2v) is 5.99. The Morgan fingerprint density at radius 3 is 2.32 bits per heavy atom. The zero-order valence-electron chi connectivity index (χ0n) is 14.9. The number of unbranched alkanes of at least 4 members (excludes halogenated alkanes) is 6. The van der Waals surface area contributed by atoms with Crippen molar-refractivity contribution in [3.8, 4) is 0 Å². The number of amides is 2. The molecule has 0 bridgehead atoms. The summed E-state index contributed by atoms with van der Waals surface area (Å²) in [4.78, 5) is 23.2. The summed E-state index contributed by atoms with van der Waals surface area (Å²) in [5.74, 6) is -0.845. The van der Waals surface area contributed by atoms with E-state index in [0.717, 1.165) is 19.3 Å². The Balaban J connectivity index is 2.06. The summed E-state index contributed by atoms with van der Waals surface area (Å²) in [5, 5.41) is 6.34. The fourth-order valence-corrected chi connectivity index (χ4v) is 2.28. The molecule has 0 aliphatic rings. The van der Waals surface area contributed by atoms with Gasteiger partial charge in [-0.1, -0.05) is 57.6 Å². The quantitative estimate of drug-likeness (QED) is 0.344. The van der Waals surface area contributed by atoms with Gasteiger partial charge in [0.1, 0.15) is 5.82 Å². The average Bonchev–Trinajstić information content (AvgIpc) is 2.61. The van der Waals surface area contributed by atoms with Gasteiger partial charge in [0.15, 0.2) is 0 Å². The number of nitrogens with one attached hydrogen (secondary N) is 2. The summed E-state index contributed by atoms with van der Waals surface area (Å²) in [6.45, 7) is 2.09. The molecule has 0 unspecified atom stereocenters. The Labute approximate surface area is 149 Å². The van der Waals surface area contributed by atoms with Crippen LogP contribution in [0.15, 0.2) is 29.4 Å². The van der Waals surface area contributed by atoms with E-state index >= 15 is 0 Å². The number of nitrogens with zero attached hydrogens (tertiary/aromatic N) is 1. The molecule has 2 N–H and O–H groups in total. The van der Waals surface area contributed by atoms with Crippen LogP contribution in [-0.4, -0.2) is 24.6 Å². The number of hydrazone groups is 1. The number of benzene rings is 1.